The predicted octanol–water partition coefficient (Wildman–Crippen LogP) is 3.00. The summed E-state index contributed by atoms with van der Waals surface area (Å²) in [4.78, 5) is 53.8. The molecule has 0 radical (unpaired) electrons. The topological polar surface area (TPSA) is 117 Å². The van der Waals surface area contributed by atoms with Crippen LogP contribution in [-0.2, 0) is 25.6 Å². The Morgan fingerprint density at radius 3 is 2.76 bits per heavy atom. The number of amides is 1. The van der Waals surface area contributed by atoms with Gasteiger partial charge in [-0.2, -0.15) is 0 Å². The Hall–Kier alpha value is -3.53. The van der Waals surface area contributed by atoms with E-state index in [1.165, 1.54) is 17.7 Å². The van der Waals surface area contributed by atoms with Crippen molar-refractivity contribution in [3.8, 4) is 0 Å². The highest BCUT2D eigenvalue weighted by Crippen LogP contribution is 2.46. The second kappa shape index (κ2) is 9.53. The van der Waals surface area contributed by atoms with Crippen molar-refractivity contribution in [3.05, 3.63) is 57.0 Å². The fourth-order valence-corrected chi connectivity index (χ4v) is 4.56. The van der Waals surface area contributed by atoms with Crippen molar-refractivity contribution < 1.29 is 23.9 Å². The predicted molar refractivity (Wildman–Crippen MR) is 123 cm³/mol. The van der Waals surface area contributed by atoms with Gasteiger partial charge in [0.2, 0.25) is 0 Å². The molecule has 1 aliphatic rings. The molecule has 2 aromatic heterocycles. The zero-order valence-electron chi connectivity index (χ0n) is 18.3. The van der Waals surface area contributed by atoms with Crippen LogP contribution in [0.4, 0.5) is 5.00 Å². The van der Waals surface area contributed by atoms with Gasteiger partial charge in [0.1, 0.15) is 11.5 Å². The van der Waals surface area contributed by atoms with Crippen LogP contribution in [0.1, 0.15) is 47.2 Å². The molecule has 0 unspecified atom stereocenters. The van der Waals surface area contributed by atoms with Gasteiger partial charge in [0.05, 0.1) is 29.4 Å². The molecular weight excluding hydrogens is 446 g/mol. The van der Waals surface area contributed by atoms with E-state index < -0.39 is 24.5 Å². The Balaban J connectivity index is 1.38. The van der Waals surface area contributed by atoms with E-state index in [0.717, 1.165) is 28.5 Å². The quantitative estimate of drug-likeness (QED) is 0.504. The van der Waals surface area contributed by atoms with E-state index in [0.29, 0.717) is 27.4 Å². The lowest BCUT2D eigenvalue weighted by atomic mass is 10.1. The molecule has 9 nitrogen and oxygen atoms in total. The minimum absolute atomic E-state index is 0.229. The van der Waals surface area contributed by atoms with E-state index in [9.17, 15) is 19.2 Å². The second-order valence-corrected chi connectivity index (χ2v) is 8.63. The molecule has 172 valence electrons. The standard InChI is InChI=1S/C23H23N3O6S/c1-3-31-23(30)19-16(14-7-8-14)11-33-21(19)25-17(27)10-32-18(28)9-26-12-24-20-13(2)5-4-6-15(20)22(26)29/h4-6,11-12,14H,3,7-10H2,1-2H3,(H,25,27). The normalized spacial score (nSPS) is 13.0. The summed E-state index contributed by atoms with van der Waals surface area (Å²) >= 11 is 1.24. The van der Waals surface area contributed by atoms with Gasteiger partial charge in [0.25, 0.3) is 11.5 Å². The van der Waals surface area contributed by atoms with Gasteiger partial charge in [0, 0.05) is 0 Å². The number of nitrogens with one attached hydrogen (secondary N) is 1. The average Bonchev–Trinajstić information content (AvgIpc) is 3.55. The molecule has 1 amide bonds. The van der Waals surface area contributed by atoms with Crippen LogP contribution in [0, 0.1) is 6.92 Å². The number of fused-ring (bicyclic) bond motifs is 1. The number of carbonyl (C=O) groups is 3. The highest BCUT2D eigenvalue weighted by Gasteiger charge is 2.32. The van der Waals surface area contributed by atoms with Gasteiger partial charge in [-0.15, -0.1) is 11.3 Å². The Morgan fingerprint density at radius 2 is 2.03 bits per heavy atom. The molecule has 3 aromatic rings. The highest BCUT2D eigenvalue weighted by molar-refractivity contribution is 7.15. The second-order valence-electron chi connectivity index (χ2n) is 7.75. The lowest BCUT2D eigenvalue weighted by Crippen LogP contribution is -2.28. The number of benzene rings is 1. The molecule has 0 spiro atoms. The summed E-state index contributed by atoms with van der Waals surface area (Å²) in [5.74, 6) is -1.51. The zero-order chi connectivity index (χ0) is 23.5. The van der Waals surface area contributed by atoms with E-state index in [1.807, 2.05) is 18.4 Å². The van der Waals surface area contributed by atoms with Gasteiger partial charge < -0.3 is 14.8 Å². The van der Waals surface area contributed by atoms with Crippen molar-refractivity contribution in [2.75, 3.05) is 18.5 Å². The van der Waals surface area contributed by atoms with E-state index in [4.69, 9.17) is 9.47 Å². The van der Waals surface area contributed by atoms with E-state index in [-0.39, 0.29) is 18.7 Å². The monoisotopic (exact) mass is 469 g/mol. The molecule has 4 rings (SSSR count). The van der Waals surface area contributed by atoms with Crippen LogP contribution in [0.15, 0.2) is 34.7 Å². The molecule has 1 N–H and O–H groups in total. The van der Waals surface area contributed by atoms with Crippen LogP contribution >= 0.6 is 11.3 Å². The highest BCUT2D eigenvalue weighted by atomic mass is 32.1. The van der Waals surface area contributed by atoms with Crippen molar-refractivity contribution >= 4 is 45.1 Å². The number of ether oxygens (including phenoxy) is 2. The zero-order valence-corrected chi connectivity index (χ0v) is 19.1. The first-order valence-electron chi connectivity index (χ1n) is 10.6. The number of para-hydroxylation sites is 1. The Morgan fingerprint density at radius 1 is 1.24 bits per heavy atom. The van der Waals surface area contributed by atoms with Crippen LogP contribution in [0.25, 0.3) is 10.9 Å². The molecular formula is C23H23N3O6S. The molecule has 1 saturated carbocycles. The maximum Gasteiger partial charge on any atom is 0.341 e. The first kappa shape index (κ1) is 22.7. The first-order valence-corrected chi connectivity index (χ1v) is 11.5. The number of aryl methyl sites for hydroxylation is 1. The first-order chi connectivity index (χ1) is 15.9. The summed E-state index contributed by atoms with van der Waals surface area (Å²) in [6, 6.07) is 5.24. The van der Waals surface area contributed by atoms with Crippen LogP contribution in [0.5, 0.6) is 0 Å². The Bertz CT molecular complexity index is 1290. The molecule has 1 aromatic carbocycles. The number of aromatic nitrogens is 2. The van der Waals surface area contributed by atoms with Crippen LogP contribution < -0.4 is 10.9 Å². The third-order valence-corrected chi connectivity index (χ3v) is 6.20. The van der Waals surface area contributed by atoms with Crippen molar-refractivity contribution in [2.24, 2.45) is 0 Å². The van der Waals surface area contributed by atoms with E-state index in [1.54, 1.807) is 19.1 Å². The summed E-state index contributed by atoms with van der Waals surface area (Å²) in [5.41, 5.74) is 2.31. The minimum Gasteiger partial charge on any atom is -0.462 e. The van der Waals surface area contributed by atoms with E-state index in [2.05, 4.69) is 10.3 Å². The Labute approximate surface area is 193 Å². The molecule has 0 aliphatic heterocycles. The van der Waals surface area contributed by atoms with Gasteiger partial charge in [-0.1, -0.05) is 12.1 Å². The van der Waals surface area contributed by atoms with E-state index >= 15 is 0 Å². The largest absolute Gasteiger partial charge is 0.462 e. The maximum atomic E-state index is 12.6. The van der Waals surface area contributed by atoms with Crippen molar-refractivity contribution in [1.29, 1.82) is 0 Å². The summed E-state index contributed by atoms with van der Waals surface area (Å²) in [5, 5.41) is 5.27. The maximum absolute atomic E-state index is 12.6. The lowest BCUT2D eigenvalue weighted by Gasteiger charge is -2.10. The number of hydrogen-bond donors (Lipinski definition) is 1. The molecule has 0 bridgehead atoms. The molecule has 33 heavy (non-hydrogen) atoms. The lowest BCUT2D eigenvalue weighted by molar-refractivity contribution is -0.147. The van der Waals surface area contributed by atoms with Crippen molar-refractivity contribution in [2.45, 2.75) is 39.2 Å². The van der Waals surface area contributed by atoms with Gasteiger partial charge in [-0.05, 0) is 55.2 Å². The molecule has 1 aliphatic carbocycles. The van der Waals surface area contributed by atoms with Crippen molar-refractivity contribution in [1.82, 2.24) is 9.55 Å². The third kappa shape index (κ3) is 4.95. The number of carbonyl (C=O) groups excluding carboxylic acids is 3. The average molecular weight is 470 g/mol. The molecule has 0 saturated heterocycles. The Kier molecular flexibility index (Phi) is 6.55. The van der Waals surface area contributed by atoms with Crippen LogP contribution in [0.2, 0.25) is 0 Å². The summed E-state index contributed by atoms with van der Waals surface area (Å²) < 4.78 is 11.3. The van der Waals surface area contributed by atoms with Gasteiger partial charge in [-0.3, -0.25) is 19.0 Å². The van der Waals surface area contributed by atoms with Gasteiger partial charge >= 0.3 is 11.9 Å². The summed E-state index contributed by atoms with van der Waals surface area (Å²) in [7, 11) is 0. The molecule has 2 heterocycles. The fourth-order valence-electron chi connectivity index (χ4n) is 3.52. The van der Waals surface area contributed by atoms with Gasteiger partial charge in [-0.25, -0.2) is 9.78 Å². The molecule has 0 atom stereocenters. The van der Waals surface area contributed by atoms with Crippen molar-refractivity contribution in [3.63, 3.8) is 0 Å². The minimum atomic E-state index is -0.753. The number of nitrogens with zero attached hydrogens (tertiary/aromatic N) is 2. The van der Waals surface area contributed by atoms with Gasteiger partial charge in [0.15, 0.2) is 6.61 Å². The number of hydrogen-bond acceptors (Lipinski definition) is 8. The SMILES string of the molecule is CCOC(=O)c1c(C2CC2)csc1NC(=O)COC(=O)Cn1cnc2c(C)cccc2c1=O. The number of anilines is 1. The summed E-state index contributed by atoms with van der Waals surface area (Å²) in [6.07, 6.45) is 3.28. The third-order valence-electron chi connectivity index (χ3n) is 5.29. The molecule has 1 fully saturated rings. The number of esters is 2. The summed E-state index contributed by atoms with van der Waals surface area (Å²) in [6.45, 7) is 2.87. The number of thiophene rings is 1. The van der Waals surface area contributed by atoms with Crippen LogP contribution in [-0.4, -0.2) is 40.6 Å². The smallest absolute Gasteiger partial charge is 0.341 e. The van der Waals surface area contributed by atoms with Crippen LogP contribution in [0.3, 0.4) is 0 Å². The fraction of sp³-hybridized carbons (Fsp3) is 0.348. The molecule has 10 heteroatoms. The number of rotatable bonds is 8.